The SMILES string of the molecule is O=C(O)C1N(Cc2ccccc2)C(=O)NC1(Cc1ccccc1)C(=O)O. The van der Waals surface area contributed by atoms with Crippen molar-refractivity contribution in [2.75, 3.05) is 0 Å². The minimum Gasteiger partial charge on any atom is -0.480 e. The van der Waals surface area contributed by atoms with Crippen molar-refractivity contribution < 1.29 is 24.6 Å². The van der Waals surface area contributed by atoms with Crippen LogP contribution in [0.2, 0.25) is 0 Å². The third kappa shape index (κ3) is 3.11. The molecule has 3 N–H and O–H groups in total. The van der Waals surface area contributed by atoms with Crippen molar-refractivity contribution in [3.05, 3.63) is 71.8 Å². The van der Waals surface area contributed by atoms with Crippen molar-refractivity contribution in [3.63, 3.8) is 0 Å². The Hall–Kier alpha value is -3.35. The van der Waals surface area contributed by atoms with Crippen LogP contribution in [0.1, 0.15) is 11.1 Å². The molecule has 0 aromatic heterocycles. The average Bonchev–Trinajstić information content (AvgIpc) is 2.89. The first-order valence-electron chi connectivity index (χ1n) is 8.07. The van der Waals surface area contributed by atoms with Crippen LogP contribution in [0.4, 0.5) is 4.79 Å². The summed E-state index contributed by atoms with van der Waals surface area (Å²) in [5.74, 6) is -2.74. The number of benzene rings is 2. The number of aliphatic carboxylic acids is 2. The first kappa shape index (κ1) is 17.5. The number of rotatable bonds is 6. The predicted octanol–water partition coefficient (Wildman–Crippen LogP) is 1.73. The van der Waals surface area contributed by atoms with E-state index in [0.717, 1.165) is 10.5 Å². The molecule has 2 aromatic rings. The van der Waals surface area contributed by atoms with E-state index in [9.17, 15) is 24.6 Å². The van der Waals surface area contributed by atoms with Crippen LogP contribution in [-0.4, -0.2) is 44.7 Å². The maximum atomic E-state index is 12.5. The topological polar surface area (TPSA) is 107 Å². The number of carboxylic acid groups (broad SMARTS) is 2. The Bertz CT molecular complexity index is 824. The molecule has 3 rings (SSSR count). The zero-order chi connectivity index (χ0) is 18.7. The first-order valence-corrected chi connectivity index (χ1v) is 8.07. The monoisotopic (exact) mass is 354 g/mol. The van der Waals surface area contributed by atoms with E-state index in [1.165, 1.54) is 0 Å². The lowest BCUT2D eigenvalue weighted by molar-refractivity contribution is -0.154. The Balaban J connectivity index is 2.00. The number of hydrogen-bond acceptors (Lipinski definition) is 3. The van der Waals surface area contributed by atoms with Crippen molar-refractivity contribution in [1.29, 1.82) is 0 Å². The summed E-state index contributed by atoms with van der Waals surface area (Å²) in [7, 11) is 0. The van der Waals surface area contributed by atoms with Gasteiger partial charge in [-0.2, -0.15) is 0 Å². The number of hydrogen-bond donors (Lipinski definition) is 3. The van der Waals surface area contributed by atoms with E-state index in [1.54, 1.807) is 60.7 Å². The number of carbonyl (C=O) groups excluding carboxylic acids is 1. The van der Waals surface area contributed by atoms with Crippen molar-refractivity contribution in [2.24, 2.45) is 0 Å². The largest absolute Gasteiger partial charge is 0.480 e. The van der Waals surface area contributed by atoms with Gasteiger partial charge in [0.2, 0.25) is 0 Å². The summed E-state index contributed by atoms with van der Waals surface area (Å²) < 4.78 is 0. The van der Waals surface area contributed by atoms with Crippen molar-refractivity contribution >= 4 is 18.0 Å². The van der Waals surface area contributed by atoms with Crippen molar-refractivity contribution in [1.82, 2.24) is 10.2 Å². The number of amides is 2. The zero-order valence-corrected chi connectivity index (χ0v) is 13.8. The van der Waals surface area contributed by atoms with Gasteiger partial charge < -0.3 is 20.4 Å². The fourth-order valence-electron chi connectivity index (χ4n) is 3.31. The molecule has 2 atom stereocenters. The highest BCUT2D eigenvalue weighted by Crippen LogP contribution is 2.30. The minimum absolute atomic E-state index is 0.00740. The molecule has 2 unspecified atom stereocenters. The van der Waals surface area contributed by atoms with Crippen LogP contribution in [0.3, 0.4) is 0 Å². The van der Waals surface area contributed by atoms with Crippen LogP contribution < -0.4 is 5.32 Å². The van der Waals surface area contributed by atoms with Crippen LogP contribution >= 0.6 is 0 Å². The van der Waals surface area contributed by atoms with E-state index >= 15 is 0 Å². The van der Waals surface area contributed by atoms with Crippen LogP contribution in [0.25, 0.3) is 0 Å². The second-order valence-corrected chi connectivity index (χ2v) is 6.22. The normalized spacial score (nSPS) is 22.1. The molecule has 0 aliphatic carbocycles. The smallest absolute Gasteiger partial charge is 0.332 e. The van der Waals surface area contributed by atoms with Crippen LogP contribution in [-0.2, 0) is 22.6 Å². The average molecular weight is 354 g/mol. The number of nitrogens with zero attached hydrogens (tertiary/aromatic N) is 1. The third-order valence-corrected chi connectivity index (χ3v) is 4.51. The summed E-state index contributed by atoms with van der Waals surface area (Å²) in [5, 5.41) is 22.0. The van der Waals surface area contributed by atoms with Gasteiger partial charge in [-0.25, -0.2) is 14.4 Å². The number of urea groups is 1. The predicted molar refractivity (Wildman–Crippen MR) is 92.5 cm³/mol. The van der Waals surface area contributed by atoms with Gasteiger partial charge >= 0.3 is 18.0 Å². The van der Waals surface area contributed by atoms with E-state index in [1.807, 2.05) is 0 Å². The Morgan fingerprint density at radius 1 is 0.962 bits per heavy atom. The summed E-state index contributed by atoms with van der Waals surface area (Å²) >= 11 is 0. The molecule has 1 fully saturated rings. The summed E-state index contributed by atoms with van der Waals surface area (Å²) in [6.45, 7) is 0.00740. The molecule has 0 radical (unpaired) electrons. The fraction of sp³-hybridized carbons (Fsp3) is 0.211. The number of carbonyl (C=O) groups is 3. The first-order chi connectivity index (χ1) is 12.4. The van der Waals surface area contributed by atoms with Gasteiger partial charge in [0.15, 0.2) is 11.6 Å². The molecular weight excluding hydrogens is 336 g/mol. The Kier molecular flexibility index (Phi) is 4.62. The molecule has 2 amide bonds. The lowest BCUT2D eigenvalue weighted by atomic mass is 9.84. The highest BCUT2D eigenvalue weighted by atomic mass is 16.4. The molecule has 2 aromatic carbocycles. The van der Waals surface area contributed by atoms with Gasteiger partial charge in [0.1, 0.15) is 0 Å². The highest BCUT2D eigenvalue weighted by molar-refractivity contribution is 5.99. The molecule has 0 spiro atoms. The molecule has 26 heavy (non-hydrogen) atoms. The van der Waals surface area contributed by atoms with Crippen molar-refractivity contribution in [3.8, 4) is 0 Å². The summed E-state index contributed by atoms with van der Waals surface area (Å²) in [6.07, 6.45) is -0.128. The van der Waals surface area contributed by atoms with Gasteiger partial charge in [-0.3, -0.25) is 0 Å². The lowest BCUT2D eigenvalue weighted by Gasteiger charge is -2.30. The Morgan fingerprint density at radius 2 is 1.50 bits per heavy atom. The van der Waals surface area contributed by atoms with Gasteiger partial charge in [0, 0.05) is 13.0 Å². The minimum atomic E-state index is -1.95. The van der Waals surface area contributed by atoms with Gasteiger partial charge in [0.25, 0.3) is 0 Å². The lowest BCUT2D eigenvalue weighted by Crippen LogP contribution is -2.60. The van der Waals surface area contributed by atoms with Crippen LogP contribution in [0, 0.1) is 0 Å². The van der Waals surface area contributed by atoms with Crippen LogP contribution in [0.5, 0.6) is 0 Å². The second-order valence-electron chi connectivity index (χ2n) is 6.22. The Labute approximate surface area is 149 Å². The molecule has 0 saturated carbocycles. The molecule has 134 valence electrons. The molecule has 1 aliphatic rings. The standard InChI is InChI=1S/C19H18N2O5/c22-16(23)15-19(17(24)25,11-13-7-3-1-4-8-13)20-18(26)21(15)12-14-9-5-2-6-10-14/h1-10,15H,11-12H2,(H,20,26)(H,22,23)(H,24,25). The van der Waals surface area contributed by atoms with E-state index < -0.39 is 29.6 Å². The van der Waals surface area contributed by atoms with E-state index in [0.29, 0.717) is 5.56 Å². The van der Waals surface area contributed by atoms with E-state index in [2.05, 4.69) is 5.32 Å². The summed E-state index contributed by atoms with van der Waals surface area (Å²) in [6, 6.07) is 15.3. The molecule has 7 nitrogen and oxygen atoms in total. The van der Waals surface area contributed by atoms with Gasteiger partial charge in [-0.15, -0.1) is 0 Å². The van der Waals surface area contributed by atoms with Gasteiger partial charge in [-0.1, -0.05) is 60.7 Å². The quantitative estimate of drug-likeness (QED) is 0.732. The zero-order valence-electron chi connectivity index (χ0n) is 13.8. The molecule has 7 heteroatoms. The maximum absolute atomic E-state index is 12.5. The summed E-state index contributed by atoms with van der Waals surface area (Å²) in [5.41, 5.74) is -0.600. The fourth-order valence-corrected chi connectivity index (χ4v) is 3.31. The van der Waals surface area contributed by atoms with Crippen molar-refractivity contribution in [2.45, 2.75) is 24.5 Å². The number of carboxylic acids is 2. The Morgan fingerprint density at radius 3 is 2.00 bits per heavy atom. The van der Waals surface area contributed by atoms with Gasteiger partial charge in [0.05, 0.1) is 0 Å². The van der Waals surface area contributed by atoms with Gasteiger partial charge in [-0.05, 0) is 11.1 Å². The summed E-state index contributed by atoms with van der Waals surface area (Å²) in [4.78, 5) is 37.6. The van der Waals surface area contributed by atoms with Crippen LogP contribution in [0.15, 0.2) is 60.7 Å². The van der Waals surface area contributed by atoms with E-state index in [-0.39, 0.29) is 13.0 Å². The highest BCUT2D eigenvalue weighted by Gasteiger charge is 2.60. The molecular formula is C19H18N2O5. The molecule has 1 heterocycles. The number of nitrogens with one attached hydrogen (secondary N) is 1. The second kappa shape index (κ2) is 6.87. The van der Waals surface area contributed by atoms with E-state index in [4.69, 9.17) is 0 Å². The third-order valence-electron chi connectivity index (χ3n) is 4.51. The molecule has 1 saturated heterocycles. The molecule has 0 bridgehead atoms. The maximum Gasteiger partial charge on any atom is 0.332 e. The molecule has 1 aliphatic heterocycles.